The molecule has 19 heavy (non-hydrogen) atoms. The maximum Gasteiger partial charge on any atom is 0.340 e. The van der Waals surface area contributed by atoms with Crippen molar-refractivity contribution in [2.45, 2.75) is 30.8 Å². The highest BCUT2D eigenvalue weighted by Crippen LogP contribution is 2.29. The maximum atomic E-state index is 11.0. The molecule has 4 N–H and O–H groups in total. The van der Waals surface area contributed by atoms with Gasteiger partial charge >= 0.3 is 5.97 Å². The van der Waals surface area contributed by atoms with Crippen LogP contribution in [0.2, 0.25) is 0 Å². The van der Waals surface area contributed by atoms with Gasteiger partial charge in [-0.2, -0.15) is 0 Å². The van der Waals surface area contributed by atoms with Gasteiger partial charge in [0.05, 0.1) is 6.10 Å². The summed E-state index contributed by atoms with van der Waals surface area (Å²) in [6.45, 7) is 0.142. The lowest BCUT2D eigenvalue weighted by Crippen LogP contribution is -2.48. The number of hydrogen-bond acceptors (Lipinski definition) is 6. The lowest BCUT2D eigenvalue weighted by molar-refractivity contribution is -0.160. The minimum Gasteiger partial charge on any atom is -0.490 e. The molecule has 0 radical (unpaired) electrons. The summed E-state index contributed by atoms with van der Waals surface area (Å²) in [5.41, 5.74) is -2.22. The molecule has 0 saturated heterocycles. The number of aliphatic hydroxyl groups is 3. The molecule has 0 amide bonds. The number of aliphatic carboxylic acids is 1. The van der Waals surface area contributed by atoms with Crippen LogP contribution in [-0.4, -0.2) is 44.2 Å². The third kappa shape index (κ3) is 2.95. The van der Waals surface area contributed by atoms with E-state index in [2.05, 4.69) is 0 Å². The Morgan fingerprint density at radius 1 is 1.53 bits per heavy atom. The SMILES string of the molecule is O=C(O)[C@]1(O)C=C(OCc2cccs2)[C@@H](O)[C@H](O)C1. The number of carbonyl (C=O) groups is 1. The largest absolute Gasteiger partial charge is 0.490 e. The van der Waals surface area contributed by atoms with Crippen molar-refractivity contribution < 1.29 is 30.0 Å². The number of aliphatic hydroxyl groups excluding tert-OH is 2. The quantitative estimate of drug-likeness (QED) is 0.625. The van der Waals surface area contributed by atoms with Gasteiger partial charge in [0.25, 0.3) is 0 Å². The van der Waals surface area contributed by atoms with Crippen LogP contribution in [-0.2, 0) is 16.1 Å². The molecule has 104 valence electrons. The molecule has 0 spiro atoms. The average molecular weight is 286 g/mol. The van der Waals surface area contributed by atoms with E-state index >= 15 is 0 Å². The Bertz CT molecular complexity index is 482. The summed E-state index contributed by atoms with van der Waals surface area (Å²) in [4.78, 5) is 11.8. The van der Waals surface area contributed by atoms with Crippen molar-refractivity contribution in [3.8, 4) is 0 Å². The summed E-state index contributed by atoms with van der Waals surface area (Å²) >= 11 is 1.44. The van der Waals surface area contributed by atoms with E-state index in [1.54, 1.807) is 0 Å². The number of carboxylic acid groups (broad SMARTS) is 1. The van der Waals surface area contributed by atoms with Gasteiger partial charge in [-0.05, 0) is 17.5 Å². The van der Waals surface area contributed by atoms with Gasteiger partial charge in [-0.1, -0.05) is 6.07 Å². The van der Waals surface area contributed by atoms with Crippen LogP contribution in [0.4, 0.5) is 0 Å². The summed E-state index contributed by atoms with van der Waals surface area (Å²) in [5, 5.41) is 40.0. The second-order valence-corrected chi connectivity index (χ2v) is 5.39. The van der Waals surface area contributed by atoms with E-state index in [4.69, 9.17) is 9.84 Å². The van der Waals surface area contributed by atoms with Crippen LogP contribution in [0.1, 0.15) is 11.3 Å². The fourth-order valence-corrected chi connectivity index (χ4v) is 2.44. The highest BCUT2D eigenvalue weighted by Gasteiger charge is 2.44. The van der Waals surface area contributed by atoms with Crippen LogP contribution >= 0.6 is 11.3 Å². The van der Waals surface area contributed by atoms with E-state index in [0.29, 0.717) is 0 Å². The highest BCUT2D eigenvalue weighted by molar-refractivity contribution is 7.09. The average Bonchev–Trinajstić information content (AvgIpc) is 2.85. The zero-order chi connectivity index (χ0) is 14.0. The standard InChI is InChI=1S/C12H14O6S/c13-8-4-12(17,11(15)16)5-9(10(8)14)18-6-7-2-1-3-19-7/h1-3,5,8,10,13-14,17H,4,6H2,(H,15,16)/t8-,10+,12-/m1/s1. The van der Waals surface area contributed by atoms with Crippen LogP contribution in [0.3, 0.4) is 0 Å². The van der Waals surface area contributed by atoms with Gasteiger partial charge in [0, 0.05) is 11.3 Å². The Hall–Kier alpha value is -1.41. The molecule has 2 rings (SSSR count). The molecule has 0 aromatic carbocycles. The van der Waals surface area contributed by atoms with Gasteiger partial charge in [0.1, 0.15) is 18.5 Å². The second kappa shape index (κ2) is 5.30. The van der Waals surface area contributed by atoms with E-state index in [1.165, 1.54) is 11.3 Å². The molecule has 0 saturated carbocycles. The van der Waals surface area contributed by atoms with E-state index < -0.39 is 30.2 Å². The number of rotatable bonds is 4. The molecule has 7 heteroatoms. The zero-order valence-electron chi connectivity index (χ0n) is 9.89. The first-order chi connectivity index (χ1) is 8.92. The van der Waals surface area contributed by atoms with Gasteiger partial charge in [-0.3, -0.25) is 0 Å². The molecule has 0 bridgehead atoms. The van der Waals surface area contributed by atoms with E-state index in [1.807, 2.05) is 17.5 Å². The summed E-state index contributed by atoms with van der Waals surface area (Å²) in [7, 11) is 0. The summed E-state index contributed by atoms with van der Waals surface area (Å²) in [6.07, 6.45) is -2.25. The summed E-state index contributed by atoms with van der Waals surface area (Å²) in [6, 6.07) is 3.65. The Labute approximate surface area is 113 Å². The molecular weight excluding hydrogens is 272 g/mol. The minimum atomic E-state index is -2.22. The van der Waals surface area contributed by atoms with Gasteiger partial charge in [0.15, 0.2) is 5.60 Å². The molecule has 0 fully saturated rings. The minimum absolute atomic E-state index is 0.128. The lowest BCUT2D eigenvalue weighted by atomic mass is 9.86. The molecule has 1 aromatic heterocycles. The Balaban J connectivity index is 2.15. The first-order valence-electron chi connectivity index (χ1n) is 5.62. The van der Waals surface area contributed by atoms with E-state index in [9.17, 15) is 20.1 Å². The molecule has 1 aromatic rings. The topological polar surface area (TPSA) is 107 Å². The highest BCUT2D eigenvalue weighted by atomic mass is 32.1. The van der Waals surface area contributed by atoms with E-state index in [0.717, 1.165) is 11.0 Å². The molecule has 0 unspecified atom stereocenters. The normalized spacial score (nSPS) is 30.8. The molecule has 6 nitrogen and oxygen atoms in total. The summed E-state index contributed by atoms with van der Waals surface area (Å²) < 4.78 is 5.29. The first kappa shape index (κ1) is 14.0. The monoisotopic (exact) mass is 286 g/mol. The summed E-state index contributed by atoms with van der Waals surface area (Å²) in [5.74, 6) is -1.62. The van der Waals surface area contributed by atoms with Crippen LogP contribution in [0.25, 0.3) is 0 Å². The second-order valence-electron chi connectivity index (χ2n) is 4.36. The van der Waals surface area contributed by atoms with Crippen molar-refractivity contribution in [1.82, 2.24) is 0 Å². The van der Waals surface area contributed by atoms with Gasteiger partial charge < -0.3 is 25.2 Å². The van der Waals surface area contributed by atoms with Crippen molar-refractivity contribution in [2.75, 3.05) is 0 Å². The van der Waals surface area contributed by atoms with E-state index in [-0.39, 0.29) is 12.4 Å². The molecule has 1 heterocycles. The van der Waals surface area contributed by atoms with Crippen LogP contribution in [0.5, 0.6) is 0 Å². The Morgan fingerprint density at radius 3 is 2.84 bits per heavy atom. The van der Waals surface area contributed by atoms with Crippen molar-refractivity contribution >= 4 is 17.3 Å². The van der Waals surface area contributed by atoms with Gasteiger partial charge in [-0.15, -0.1) is 11.3 Å². The zero-order valence-corrected chi connectivity index (χ0v) is 10.7. The van der Waals surface area contributed by atoms with Crippen LogP contribution < -0.4 is 0 Å². The fourth-order valence-electron chi connectivity index (χ4n) is 1.83. The number of hydrogen-bond donors (Lipinski definition) is 4. The third-order valence-corrected chi connectivity index (χ3v) is 3.74. The van der Waals surface area contributed by atoms with Crippen LogP contribution in [0.15, 0.2) is 29.3 Å². The third-order valence-electron chi connectivity index (χ3n) is 2.89. The molecule has 1 aliphatic carbocycles. The molecular formula is C12H14O6S. The molecule has 3 atom stereocenters. The number of thiophene rings is 1. The van der Waals surface area contributed by atoms with Crippen molar-refractivity contribution in [2.24, 2.45) is 0 Å². The smallest absolute Gasteiger partial charge is 0.340 e. The van der Waals surface area contributed by atoms with Crippen LogP contribution in [0, 0.1) is 0 Å². The van der Waals surface area contributed by atoms with Gasteiger partial charge in [-0.25, -0.2) is 4.79 Å². The molecule has 0 aliphatic heterocycles. The Kier molecular flexibility index (Phi) is 3.91. The fraction of sp³-hybridized carbons (Fsp3) is 0.417. The predicted octanol–water partition coefficient (Wildman–Crippen LogP) is 0.0898. The van der Waals surface area contributed by atoms with Crippen molar-refractivity contribution in [3.05, 3.63) is 34.2 Å². The Morgan fingerprint density at radius 2 is 2.26 bits per heavy atom. The number of ether oxygens (including phenoxy) is 1. The maximum absolute atomic E-state index is 11.0. The van der Waals surface area contributed by atoms with Crippen molar-refractivity contribution in [3.63, 3.8) is 0 Å². The lowest BCUT2D eigenvalue weighted by Gasteiger charge is -2.32. The number of carboxylic acids is 1. The van der Waals surface area contributed by atoms with Crippen molar-refractivity contribution in [1.29, 1.82) is 0 Å². The first-order valence-corrected chi connectivity index (χ1v) is 6.50. The predicted molar refractivity (Wildman–Crippen MR) is 66.4 cm³/mol. The molecule has 1 aliphatic rings. The van der Waals surface area contributed by atoms with Gasteiger partial charge in [0.2, 0.25) is 0 Å².